The van der Waals surface area contributed by atoms with Crippen molar-refractivity contribution in [2.24, 2.45) is 11.8 Å². The minimum absolute atomic E-state index is 0.315. The predicted octanol–water partition coefficient (Wildman–Crippen LogP) is 1.91. The fourth-order valence-electron chi connectivity index (χ4n) is 5.42. The molecule has 0 aromatic carbocycles. The molecule has 4 aliphatic rings. The number of aromatic amines is 1. The van der Waals surface area contributed by atoms with Gasteiger partial charge in [-0.1, -0.05) is 0 Å². The predicted molar refractivity (Wildman–Crippen MR) is 87.8 cm³/mol. The lowest BCUT2D eigenvalue weighted by Gasteiger charge is -2.52. The molecule has 5 unspecified atom stereocenters. The Labute approximate surface area is 135 Å². The van der Waals surface area contributed by atoms with E-state index in [1.807, 2.05) is 6.07 Å². The monoisotopic (exact) mass is 313 g/mol. The van der Waals surface area contributed by atoms with Gasteiger partial charge in [0.2, 0.25) is 5.88 Å². The zero-order chi connectivity index (χ0) is 15.6. The van der Waals surface area contributed by atoms with Gasteiger partial charge >= 0.3 is 0 Å². The minimum atomic E-state index is 0.315. The number of rotatable bonds is 2. The van der Waals surface area contributed by atoms with Crippen molar-refractivity contribution < 1.29 is 9.84 Å². The van der Waals surface area contributed by atoms with Crippen molar-refractivity contribution in [3.05, 3.63) is 23.4 Å². The lowest BCUT2D eigenvalue weighted by molar-refractivity contribution is -0.0320. The van der Waals surface area contributed by atoms with E-state index in [4.69, 9.17) is 9.72 Å². The fraction of sp³-hybridized carbons (Fsp3) is 0.611. The van der Waals surface area contributed by atoms with Crippen LogP contribution in [-0.2, 0) is 6.42 Å². The first-order valence-electron chi connectivity index (χ1n) is 8.69. The fourth-order valence-corrected chi connectivity index (χ4v) is 5.42. The van der Waals surface area contributed by atoms with Gasteiger partial charge in [-0.25, -0.2) is 4.98 Å². The molecule has 2 aromatic rings. The number of nitrogens with zero attached hydrogens (tertiary/aromatic N) is 2. The summed E-state index contributed by atoms with van der Waals surface area (Å²) in [6, 6.07) is 4.49. The molecule has 0 radical (unpaired) electrons. The molecule has 5 atom stereocenters. The largest absolute Gasteiger partial charge is 0.481 e. The second kappa shape index (κ2) is 4.95. The first-order chi connectivity index (χ1) is 11.3. The molecule has 1 aliphatic carbocycles. The maximum Gasteiger partial charge on any atom is 0.213 e. The average Bonchev–Trinajstić information content (AvgIpc) is 2.92. The van der Waals surface area contributed by atoms with Crippen LogP contribution in [0.25, 0.3) is 11.0 Å². The minimum Gasteiger partial charge on any atom is -0.481 e. The SMILES string of the molecule is COc1ccc2[nH]c3c(c2n1)CCN1CC2CC(CO)C1C3C2. The highest BCUT2D eigenvalue weighted by molar-refractivity contribution is 5.81. The molecule has 3 aliphatic heterocycles. The van der Waals surface area contributed by atoms with Gasteiger partial charge in [-0.2, -0.15) is 0 Å². The number of pyridine rings is 1. The van der Waals surface area contributed by atoms with E-state index in [0.717, 1.165) is 29.9 Å². The van der Waals surface area contributed by atoms with E-state index in [1.54, 1.807) is 7.11 Å². The number of hydrogen-bond donors (Lipinski definition) is 2. The van der Waals surface area contributed by atoms with Gasteiger partial charge in [0.15, 0.2) is 0 Å². The van der Waals surface area contributed by atoms with Crippen LogP contribution in [0.4, 0.5) is 0 Å². The molecule has 0 amide bonds. The van der Waals surface area contributed by atoms with Gasteiger partial charge in [0.25, 0.3) is 0 Å². The Balaban J connectivity index is 1.66. The van der Waals surface area contributed by atoms with Gasteiger partial charge in [0.05, 0.1) is 18.1 Å². The molecule has 23 heavy (non-hydrogen) atoms. The van der Waals surface area contributed by atoms with Gasteiger partial charge in [-0.15, -0.1) is 0 Å². The quantitative estimate of drug-likeness (QED) is 0.889. The van der Waals surface area contributed by atoms with Gasteiger partial charge in [-0.05, 0) is 37.2 Å². The molecule has 5 heterocycles. The third-order valence-corrected chi connectivity index (χ3v) is 6.25. The maximum atomic E-state index is 9.85. The number of nitrogens with one attached hydrogen (secondary N) is 1. The molecule has 6 rings (SSSR count). The Kier molecular flexibility index (Phi) is 2.97. The Morgan fingerprint density at radius 1 is 1.39 bits per heavy atom. The molecule has 5 heteroatoms. The van der Waals surface area contributed by atoms with Gasteiger partial charge < -0.3 is 14.8 Å². The summed E-state index contributed by atoms with van der Waals surface area (Å²) >= 11 is 0. The lowest BCUT2D eigenvalue weighted by atomic mass is 9.66. The van der Waals surface area contributed by atoms with E-state index in [2.05, 4.69) is 16.0 Å². The zero-order valence-corrected chi connectivity index (χ0v) is 13.5. The van der Waals surface area contributed by atoms with Crippen LogP contribution in [0.15, 0.2) is 12.1 Å². The molecule has 1 saturated carbocycles. The number of piperidine rings is 2. The summed E-state index contributed by atoms with van der Waals surface area (Å²) in [5.41, 5.74) is 4.93. The van der Waals surface area contributed by atoms with Crippen LogP contribution in [0, 0.1) is 11.8 Å². The topological polar surface area (TPSA) is 61.4 Å². The molecule has 4 bridgehead atoms. The molecule has 2 aromatic heterocycles. The summed E-state index contributed by atoms with van der Waals surface area (Å²) in [6.07, 6.45) is 3.47. The van der Waals surface area contributed by atoms with Crippen LogP contribution in [-0.4, -0.2) is 52.8 Å². The highest BCUT2D eigenvalue weighted by Crippen LogP contribution is 2.49. The van der Waals surface area contributed by atoms with Crippen LogP contribution in [0.1, 0.15) is 30.0 Å². The van der Waals surface area contributed by atoms with Crippen LogP contribution in [0.5, 0.6) is 5.88 Å². The van der Waals surface area contributed by atoms with E-state index in [9.17, 15) is 5.11 Å². The molecule has 3 fully saturated rings. The standard InChI is InChI=1S/C18H23N3O2/c1-23-15-3-2-14-17(20-15)12-4-5-21-8-10-6-11(9-22)18(21)13(7-10)16(12)19-14/h2-3,10-11,13,18-19,22H,4-9H2,1H3. The number of aromatic nitrogens is 2. The van der Waals surface area contributed by atoms with E-state index >= 15 is 0 Å². The Morgan fingerprint density at radius 3 is 3.13 bits per heavy atom. The maximum absolute atomic E-state index is 9.85. The summed E-state index contributed by atoms with van der Waals surface area (Å²) in [5, 5.41) is 9.85. The van der Waals surface area contributed by atoms with Crippen molar-refractivity contribution >= 4 is 11.0 Å². The summed E-state index contributed by atoms with van der Waals surface area (Å²) in [6.45, 7) is 2.60. The molecule has 2 saturated heterocycles. The highest BCUT2D eigenvalue weighted by atomic mass is 16.5. The van der Waals surface area contributed by atoms with Crippen molar-refractivity contribution in [3.8, 4) is 5.88 Å². The van der Waals surface area contributed by atoms with Gasteiger partial charge in [0, 0.05) is 49.0 Å². The number of ether oxygens (including phenoxy) is 1. The third-order valence-electron chi connectivity index (χ3n) is 6.25. The van der Waals surface area contributed by atoms with Gasteiger partial charge in [0.1, 0.15) is 0 Å². The van der Waals surface area contributed by atoms with Crippen LogP contribution in [0.2, 0.25) is 0 Å². The number of aliphatic hydroxyl groups excluding tert-OH is 1. The van der Waals surface area contributed by atoms with Crippen LogP contribution in [0.3, 0.4) is 0 Å². The van der Waals surface area contributed by atoms with Crippen LogP contribution < -0.4 is 4.74 Å². The van der Waals surface area contributed by atoms with Crippen molar-refractivity contribution in [1.29, 1.82) is 0 Å². The number of hydrogen-bond acceptors (Lipinski definition) is 4. The number of H-pyrrole nitrogens is 1. The molecule has 5 nitrogen and oxygen atoms in total. The zero-order valence-electron chi connectivity index (χ0n) is 13.5. The number of fused-ring (bicyclic) bond motifs is 4. The highest BCUT2D eigenvalue weighted by Gasteiger charge is 2.49. The molecule has 122 valence electrons. The van der Waals surface area contributed by atoms with E-state index < -0.39 is 0 Å². The normalized spacial score (nSPS) is 35.1. The van der Waals surface area contributed by atoms with Crippen molar-refractivity contribution in [2.75, 3.05) is 26.8 Å². The summed E-state index contributed by atoms with van der Waals surface area (Å²) < 4.78 is 5.32. The third kappa shape index (κ3) is 1.90. The number of methoxy groups -OCH3 is 1. The van der Waals surface area contributed by atoms with E-state index in [0.29, 0.717) is 30.4 Å². The molecule has 0 spiro atoms. The first-order valence-corrected chi connectivity index (χ1v) is 8.69. The second-order valence-electron chi connectivity index (χ2n) is 7.39. The Morgan fingerprint density at radius 2 is 2.30 bits per heavy atom. The summed E-state index contributed by atoms with van der Waals surface area (Å²) in [7, 11) is 1.67. The molecule has 2 N–H and O–H groups in total. The van der Waals surface area contributed by atoms with Gasteiger partial charge in [-0.3, -0.25) is 4.90 Å². The van der Waals surface area contributed by atoms with E-state index in [1.165, 1.54) is 30.6 Å². The van der Waals surface area contributed by atoms with E-state index in [-0.39, 0.29) is 0 Å². The average molecular weight is 313 g/mol. The van der Waals surface area contributed by atoms with Crippen molar-refractivity contribution in [2.45, 2.75) is 31.2 Å². The number of aliphatic hydroxyl groups is 1. The second-order valence-corrected chi connectivity index (χ2v) is 7.39. The summed E-state index contributed by atoms with van der Waals surface area (Å²) in [4.78, 5) is 11.0. The van der Waals surface area contributed by atoms with Crippen LogP contribution >= 0.6 is 0 Å². The molecular weight excluding hydrogens is 290 g/mol. The smallest absolute Gasteiger partial charge is 0.213 e. The van der Waals surface area contributed by atoms with Crippen molar-refractivity contribution in [1.82, 2.24) is 14.9 Å². The lowest BCUT2D eigenvalue weighted by Crippen LogP contribution is -2.57. The molecular formula is C18H23N3O2. The van der Waals surface area contributed by atoms with Crippen molar-refractivity contribution in [3.63, 3.8) is 0 Å². The Hall–Kier alpha value is -1.59. The first kappa shape index (κ1) is 13.8. The summed E-state index contributed by atoms with van der Waals surface area (Å²) in [5.74, 6) is 2.34. The Bertz CT molecular complexity index is 756.